The predicted molar refractivity (Wildman–Crippen MR) is 62.3 cm³/mol. The largest absolute Gasteiger partial charge is 0.350 e. The maximum Gasteiger partial charge on any atom is 0.151 e. The van der Waals surface area contributed by atoms with E-state index in [-0.39, 0.29) is 0 Å². The molecule has 82 valence electrons. The maximum absolute atomic E-state index is 5.73. The van der Waals surface area contributed by atoms with Gasteiger partial charge in [0, 0.05) is 12.1 Å². The first-order valence-electron chi connectivity index (χ1n) is 5.46. The number of halogens is 1. The quantitative estimate of drug-likeness (QED) is 0.736. The van der Waals surface area contributed by atoms with Crippen LogP contribution in [0.3, 0.4) is 0 Å². The van der Waals surface area contributed by atoms with Gasteiger partial charge in [0.15, 0.2) is 11.0 Å². The van der Waals surface area contributed by atoms with Crippen LogP contribution < -0.4 is 4.90 Å². The van der Waals surface area contributed by atoms with E-state index in [4.69, 9.17) is 11.6 Å². The molecule has 1 fully saturated rings. The lowest BCUT2D eigenvalue weighted by Crippen LogP contribution is -2.44. The number of piperidine rings is 1. The molecule has 15 heavy (non-hydrogen) atoms. The smallest absolute Gasteiger partial charge is 0.151 e. The van der Waals surface area contributed by atoms with Gasteiger partial charge < -0.3 is 4.90 Å². The van der Waals surface area contributed by atoms with Gasteiger partial charge in [0.25, 0.3) is 0 Å². The number of hydrogen-bond donors (Lipinski definition) is 0. The van der Waals surface area contributed by atoms with Crippen molar-refractivity contribution in [2.75, 3.05) is 4.90 Å². The molecule has 0 unspecified atom stereocenters. The molecule has 0 aliphatic carbocycles. The van der Waals surface area contributed by atoms with Crippen LogP contribution in [0.5, 0.6) is 0 Å². The van der Waals surface area contributed by atoms with Gasteiger partial charge >= 0.3 is 0 Å². The first-order chi connectivity index (χ1) is 7.18. The Labute approximate surface area is 95.5 Å². The van der Waals surface area contributed by atoms with Crippen molar-refractivity contribution >= 4 is 17.4 Å². The molecule has 1 aromatic rings. The molecule has 0 N–H and O–H groups in total. The lowest BCUT2D eigenvalue weighted by atomic mass is 9.98. The zero-order valence-corrected chi connectivity index (χ0v) is 9.91. The van der Waals surface area contributed by atoms with Crippen LogP contribution in [0.15, 0.2) is 12.1 Å². The van der Waals surface area contributed by atoms with Crippen LogP contribution in [0, 0.1) is 0 Å². The molecule has 2 heterocycles. The van der Waals surface area contributed by atoms with E-state index in [0.717, 1.165) is 5.82 Å². The third-order valence-corrected chi connectivity index (χ3v) is 3.28. The van der Waals surface area contributed by atoms with Crippen molar-refractivity contribution in [3.8, 4) is 0 Å². The van der Waals surface area contributed by atoms with Crippen LogP contribution >= 0.6 is 11.6 Å². The Balaban J connectivity index is 2.23. The molecule has 4 heteroatoms. The maximum atomic E-state index is 5.73. The average molecular weight is 226 g/mol. The van der Waals surface area contributed by atoms with Crippen molar-refractivity contribution < 1.29 is 0 Å². The highest BCUT2D eigenvalue weighted by atomic mass is 35.5. The van der Waals surface area contributed by atoms with Crippen molar-refractivity contribution in [1.82, 2.24) is 10.2 Å². The second-order valence-electron chi connectivity index (χ2n) is 4.25. The summed E-state index contributed by atoms with van der Waals surface area (Å²) in [6.07, 6.45) is 3.77. The number of rotatable bonds is 1. The number of aromatic nitrogens is 2. The van der Waals surface area contributed by atoms with Crippen molar-refractivity contribution in [2.24, 2.45) is 0 Å². The van der Waals surface area contributed by atoms with Gasteiger partial charge in [-0.25, -0.2) is 0 Å². The second kappa shape index (κ2) is 4.35. The lowest BCUT2D eigenvalue weighted by Gasteiger charge is -2.39. The summed E-state index contributed by atoms with van der Waals surface area (Å²) >= 11 is 5.73. The first-order valence-corrected chi connectivity index (χ1v) is 5.84. The summed E-state index contributed by atoms with van der Waals surface area (Å²) in [5.41, 5.74) is 0. The highest BCUT2D eigenvalue weighted by molar-refractivity contribution is 6.29. The van der Waals surface area contributed by atoms with Crippen LogP contribution in [0.1, 0.15) is 33.1 Å². The molecule has 2 atom stereocenters. The minimum atomic E-state index is 0.455. The monoisotopic (exact) mass is 225 g/mol. The van der Waals surface area contributed by atoms with Crippen LogP contribution in [-0.2, 0) is 0 Å². The van der Waals surface area contributed by atoms with E-state index in [2.05, 4.69) is 28.9 Å². The Hall–Kier alpha value is -0.830. The fraction of sp³-hybridized carbons (Fsp3) is 0.636. The summed E-state index contributed by atoms with van der Waals surface area (Å²) in [6.45, 7) is 4.48. The molecular formula is C11H16ClN3. The summed E-state index contributed by atoms with van der Waals surface area (Å²) in [5, 5.41) is 8.50. The standard InChI is InChI=1S/C11H16ClN3/c1-8-4-3-5-9(2)15(8)11-7-6-10(12)13-14-11/h6-9H,3-5H2,1-2H3/t8-,9+. The third-order valence-electron chi connectivity index (χ3n) is 3.08. The zero-order valence-electron chi connectivity index (χ0n) is 9.15. The lowest BCUT2D eigenvalue weighted by molar-refractivity contribution is 0.410. The van der Waals surface area contributed by atoms with Gasteiger partial charge in [-0.05, 0) is 45.2 Å². The highest BCUT2D eigenvalue weighted by Crippen LogP contribution is 2.27. The Kier molecular flexibility index (Phi) is 3.10. The molecule has 3 nitrogen and oxygen atoms in total. The van der Waals surface area contributed by atoms with E-state index in [1.54, 1.807) is 6.07 Å². The SMILES string of the molecule is C[C@@H]1CCC[C@H](C)N1c1ccc(Cl)nn1. The molecule has 1 aliphatic rings. The van der Waals surface area contributed by atoms with E-state index in [0.29, 0.717) is 17.2 Å². The highest BCUT2D eigenvalue weighted by Gasteiger charge is 2.25. The molecule has 2 rings (SSSR count). The summed E-state index contributed by atoms with van der Waals surface area (Å²) in [5.74, 6) is 0.944. The van der Waals surface area contributed by atoms with Crippen LogP contribution in [0.2, 0.25) is 5.15 Å². The van der Waals surface area contributed by atoms with Gasteiger partial charge in [-0.3, -0.25) is 0 Å². The van der Waals surface area contributed by atoms with Gasteiger partial charge in [-0.2, -0.15) is 0 Å². The van der Waals surface area contributed by atoms with Gasteiger partial charge in [0.2, 0.25) is 0 Å². The van der Waals surface area contributed by atoms with E-state index in [9.17, 15) is 0 Å². The fourth-order valence-electron chi connectivity index (χ4n) is 2.32. The predicted octanol–water partition coefficient (Wildman–Crippen LogP) is 2.90. The van der Waals surface area contributed by atoms with Crippen molar-refractivity contribution in [2.45, 2.75) is 45.2 Å². The second-order valence-corrected chi connectivity index (χ2v) is 4.64. The molecule has 1 aliphatic heterocycles. The van der Waals surface area contributed by atoms with Gasteiger partial charge in [-0.15, -0.1) is 10.2 Å². The van der Waals surface area contributed by atoms with Gasteiger partial charge in [0.05, 0.1) is 0 Å². The Morgan fingerprint density at radius 3 is 2.40 bits per heavy atom. The third kappa shape index (κ3) is 2.23. The van der Waals surface area contributed by atoms with Crippen molar-refractivity contribution in [3.05, 3.63) is 17.3 Å². The molecule has 0 spiro atoms. The van der Waals surface area contributed by atoms with Crippen molar-refractivity contribution in [1.29, 1.82) is 0 Å². The van der Waals surface area contributed by atoms with E-state index in [1.165, 1.54) is 19.3 Å². The van der Waals surface area contributed by atoms with Crippen LogP contribution in [-0.4, -0.2) is 22.3 Å². The van der Waals surface area contributed by atoms with Crippen LogP contribution in [0.25, 0.3) is 0 Å². The molecule has 0 radical (unpaired) electrons. The molecule has 0 amide bonds. The molecular weight excluding hydrogens is 210 g/mol. The number of anilines is 1. The summed E-state index contributed by atoms with van der Waals surface area (Å²) in [6, 6.07) is 4.85. The number of hydrogen-bond acceptors (Lipinski definition) is 3. The van der Waals surface area contributed by atoms with Crippen LogP contribution in [0.4, 0.5) is 5.82 Å². The number of nitrogens with zero attached hydrogens (tertiary/aromatic N) is 3. The Morgan fingerprint density at radius 2 is 1.87 bits per heavy atom. The topological polar surface area (TPSA) is 29.0 Å². The molecule has 1 aromatic heterocycles. The minimum absolute atomic E-state index is 0.455. The normalized spacial score (nSPS) is 26.7. The van der Waals surface area contributed by atoms with E-state index < -0.39 is 0 Å². The molecule has 1 saturated heterocycles. The summed E-state index contributed by atoms with van der Waals surface area (Å²) in [7, 11) is 0. The zero-order chi connectivity index (χ0) is 10.8. The van der Waals surface area contributed by atoms with Gasteiger partial charge in [-0.1, -0.05) is 11.6 Å². The minimum Gasteiger partial charge on any atom is -0.350 e. The van der Waals surface area contributed by atoms with E-state index in [1.807, 2.05) is 6.07 Å². The summed E-state index contributed by atoms with van der Waals surface area (Å²) < 4.78 is 0. The van der Waals surface area contributed by atoms with Gasteiger partial charge in [0.1, 0.15) is 0 Å². The average Bonchev–Trinajstić information content (AvgIpc) is 2.20. The molecule has 0 bridgehead atoms. The summed E-state index contributed by atoms with van der Waals surface area (Å²) in [4.78, 5) is 2.34. The molecule has 0 aromatic carbocycles. The first kappa shape index (κ1) is 10.7. The Morgan fingerprint density at radius 1 is 1.20 bits per heavy atom. The fourth-order valence-corrected chi connectivity index (χ4v) is 2.42. The van der Waals surface area contributed by atoms with Crippen molar-refractivity contribution in [3.63, 3.8) is 0 Å². The Bertz CT molecular complexity index is 315. The van der Waals surface area contributed by atoms with E-state index >= 15 is 0 Å². The molecule has 0 saturated carbocycles.